The highest BCUT2D eigenvalue weighted by atomic mass is 32.2. The topological polar surface area (TPSA) is 54.5 Å². The zero-order valence-corrected chi connectivity index (χ0v) is 13.7. The van der Waals surface area contributed by atoms with Gasteiger partial charge in [-0.25, -0.2) is 12.7 Å². The Balaban J connectivity index is 1.98. The largest absolute Gasteiger partial charge is 0.273 e. The summed E-state index contributed by atoms with van der Waals surface area (Å²) in [6.45, 7) is 5.77. The SMILES string of the molecule is C=C1CC2(CCCCC2)C(=O)N1S(=O)(=O)c1ccc(C)cc1. The summed E-state index contributed by atoms with van der Waals surface area (Å²) < 4.78 is 26.6. The molecule has 0 atom stereocenters. The molecule has 1 saturated heterocycles. The first-order valence-corrected chi connectivity index (χ1v) is 9.15. The second-order valence-electron chi connectivity index (χ2n) is 6.47. The van der Waals surface area contributed by atoms with Crippen molar-refractivity contribution in [2.24, 2.45) is 5.41 Å². The van der Waals surface area contributed by atoms with Crippen molar-refractivity contribution in [2.75, 3.05) is 0 Å². The molecule has 2 fully saturated rings. The lowest BCUT2D eigenvalue weighted by Gasteiger charge is -2.30. The van der Waals surface area contributed by atoms with Crippen molar-refractivity contribution in [1.29, 1.82) is 0 Å². The molecule has 0 bridgehead atoms. The van der Waals surface area contributed by atoms with E-state index in [2.05, 4.69) is 6.58 Å². The molecule has 1 spiro atoms. The van der Waals surface area contributed by atoms with Crippen LogP contribution in [0.25, 0.3) is 0 Å². The average Bonchev–Trinajstić information content (AvgIpc) is 2.71. The number of sulfonamides is 1. The van der Waals surface area contributed by atoms with Gasteiger partial charge in [-0.05, 0) is 31.9 Å². The number of benzene rings is 1. The molecule has 1 aliphatic carbocycles. The lowest BCUT2D eigenvalue weighted by molar-refractivity contribution is -0.133. The minimum absolute atomic E-state index is 0.153. The summed E-state index contributed by atoms with van der Waals surface area (Å²) in [4.78, 5) is 13.0. The standard InChI is InChI=1S/C17H21NO3S/c1-13-6-8-15(9-7-13)22(20,21)18-14(2)12-17(16(18)19)10-4-3-5-11-17/h6-9H,2-5,10-12H2,1H3. The van der Waals surface area contributed by atoms with Crippen LogP contribution in [0, 0.1) is 12.3 Å². The zero-order chi connectivity index (χ0) is 16.0. The first-order chi connectivity index (χ1) is 10.4. The molecule has 1 aromatic rings. The van der Waals surface area contributed by atoms with Gasteiger partial charge in [-0.1, -0.05) is 43.5 Å². The van der Waals surface area contributed by atoms with Crippen molar-refractivity contribution >= 4 is 15.9 Å². The molecule has 5 heteroatoms. The predicted molar refractivity (Wildman–Crippen MR) is 84.5 cm³/mol. The minimum Gasteiger partial charge on any atom is -0.273 e. The summed E-state index contributed by atoms with van der Waals surface area (Å²) in [7, 11) is -3.84. The molecule has 0 aromatic heterocycles. The van der Waals surface area contributed by atoms with Gasteiger partial charge in [0.05, 0.1) is 10.3 Å². The van der Waals surface area contributed by atoms with Crippen molar-refractivity contribution < 1.29 is 13.2 Å². The van der Waals surface area contributed by atoms with Crippen LogP contribution in [0.1, 0.15) is 44.1 Å². The second-order valence-corrected chi connectivity index (χ2v) is 8.26. The number of hydrogen-bond acceptors (Lipinski definition) is 3. The first-order valence-electron chi connectivity index (χ1n) is 7.71. The van der Waals surface area contributed by atoms with Gasteiger partial charge < -0.3 is 0 Å². The average molecular weight is 319 g/mol. The third kappa shape index (κ3) is 2.28. The highest BCUT2D eigenvalue weighted by Crippen LogP contribution is 2.49. The number of carbonyl (C=O) groups is 1. The van der Waals surface area contributed by atoms with E-state index in [9.17, 15) is 13.2 Å². The number of allylic oxidation sites excluding steroid dienone is 1. The summed E-state index contributed by atoms with van der Waals surface area (Å²) in [5.74, 6) is -0.280. The zero-order valence-electron chi connectivity index (χ0n) is 12.8. The molecule has 3 rings (SSSR count). The van der Waals surface area contributed by atoms with Crippen LogP contribution in [0.5, 0.6) is 0 Å². The fraction of sp³-hybridized carbons (Fsp3) is 0.471. The Morgan fingerprint density at radius 1 is 1.09 bits per heavy atom. The molecule has 22 heavy (non-hydrogen) atoms. The third-order valence-electron chi connectivity index (χ3n) is 4.84. The van der Waals surface area contributed by atoms with E-state index >= 15 is 0 Å². The Labute approximate surface area is 131 Å². The van der Waals surface area contributed by atoms with Crippen LogP contribution in [0.2, 0.25) is 0 Å². The van der Waals surface area contributed by atoms with E-state index in [-0.39, 0.29) is 10.8 Å². The van der Waals surface area contributed by atoms with E-state index in [1.165, 1.54) is 0 Å². The molecule has 0 unspecified atom stereocenters. The monoisotopic (exact) mass is 319 g/mol. The maximum Gasteiger partial charge on any atom is 0.270 e. The Hall–Kier alpha value is -1.62. The summed E-state index contributed by atoms with van der Waals surface area (Å²) in [5, 5.41) is 0. The molecule has 1 aromatic carbocycles. The molecule has 4 nitrogen and oxygen atoms in total. The number of carbonyl (C=O) groups excluding carboxylic acids is 1. The van der Waals surface area contributed by atoms with Gasteiger partial charge >= 0.3 is 0 Å². The van der Waals surface area contributed by atoms with Gasteiger partial charge in [-0.3, -0.25) is 4.79 Å². The maximum atomic E-state index is 12.9. The summed E-state index contributed by atoms with van der Waals surface area (Å²) in [6, 6.07) is 6.59. The van der Waals surface area contributed by atoms with Crippen molar-refractivity contribution in [3.63, 3.8) is 0 Å². The number of hydrogen-bond donors (Lipinski definition) is 0. The molecule has 1 amide bonds. The lowest BCUT2D eigenvalue weighted by atomic mass is 9.73. The molecular weight excluding hydrogens is 298 g/mol. The van der Waals surface area contributed by atoms with E-state index in [0.29, 0.717) is 12.1 Å². The van der Waals surface area contributed by atoms with Crippen LogP contribution < -0.4 is 0 Å². The molecule has 118 valence electrons. The van der Waals surface area contributed by atoms with Crippen molar-refractivity contribution in [1.82, 2.24) is 4.31 Å². The van der Waals surface area contributed by atoms with Crippen LogP contribution in [0.3, 0.4) is 0 Å². The van der Waals surface area contributed by atoms with Gasteiger partial charge in [0.15, 0.2) is 0 Å². The van der Waals surface area contributed by atoms with E-state index < -0.39 is 15.4 Å². The van der Waals surface area contributed by atoms with Crippen molar-refractivity contribution in [3.05, 3.63) is 42.1 Å². The molecule has 2 aliphatic rings. The van der Waals surface area contributed by atoms with Crippen LogP contribution in [-0.4, -0.2) is 18.6 Å². The van der Waals surface area contributed by atoms with Crippen LogP contribution >= 0.6 is 0 Å². The molecule has 1 saturated carbocycles. The van der Waals surface area contributed by atoms with E-state index in [1.54, 1.807) is 24.3 Å². The lowest BCUT2D eigenvalue weighted by Crippen LogP contribution is -2.38. The van der Waals surface area contributed by atoms with Gasteiger partial charge in [0, 0.05) is 12.1 Å². The smallest absolute Gasteiger partial charge is 0.270 e. The van der Waals surface area contributed by atoms with Gasteiger partial charge in [-0.15, -0.1) is 0 Å². The number of rotatable bonds is 2. The van der Waals surface area contributed by atoms with Gasteiger partial charge in [0.1, 0.15) is 0 Å². The van der Waals surface area contributed by atoms with Crippen molar-refractivity contribution in [3.8, 4) is 0 Å². The highest BCUT2D eigenvalue weighted by molar-refractivity contribution is 7.89. The van der Waals surface area contributed by atoms with E-state index in [4.69, 9.17) is 0 Å². The molecular formula is C17H21NO3S. The normalized spacial score (nSPS) is 21.6. The highest BCUT2D eigenvalue weighted by Gasteiger charge is 2.52. The number of aryl methyl sites for hydroxylation is 1. The Morgan fingerprint density at radius 2 is 1.68 bits per heavy atom. The van der Waals surface area contributed by atoms with Crippen molar-refractivity contribution in [2.45, 2.75) is 50.3 Å². The van der Waals surface area contributed by atoms with Gasteiger partial charge in [0.2, 0.25) is 5.91 Å². The first kappa shape index (κ1) is 15.3. The third-order valence-corrected chi connectivity index (χ3v) is 6.61. The van der Waals surface area contributed by atoms with Gasteiger partial charge in [-0.2, -0.15) is 0 Å². The van der Waals surface area contributed by atoms with Gasteiger partial charge in [0.25, 0.3) is 10.0 Å². The summed E-state index contributed by atoms with van der Waals surface area (Å²) >= 11 is 0. The Kier molecular flexibility index (Phi) is 3.63. The summed E-state index contributed by atoms with van der Waals surface area (Å²) in [6.07, 6.45) is 5.09. The minimum atomic E-state index is -3.84. The fourth-order valence-corrected chi connectivity index (χ4v) is 5.12. The van der Waals surface area contributed by atoms with Crippen LogP contribution in [0.4, 0.5) is 0 Å². The maximum absolute atomic E-state index is 12.9. The predicted octanol–water partition coefficient (Wildman–Crippen LogP) is 3.38. The molecule has 1 heterocycles. The Bertz CT molecular complexity index is 713. The van der Waals surface area contributed by atoms with Crippen LogP contribution in [-0.2, 0) is 14.8 Å². The van der Waals surface area contributed by atoms with E-state index in [0.717, 1.165) is 42.0 Å². The quantitative estimate of drug-likeness (QED) is 0.839. The second kappa shape index (κ2) is 5.23. The molecule has 0 radical (unpaired) electrons. The number of nitrogens with zero attached hydrogens (tertiary/aromatic N) is 1. The fourth-order valence-electron chi connectivity index (χ4n) is 3.61. The Morgan fingerprint density at radius 3 is 2.27 bits per heavy atom. The van der Waals surface area contributed by atoms with Crippen LogP contribution in [0.15, 0.2) is 41.4 Å². The van der Waals surface area contributed by atoms with E-state index in [1.807, 2.05) is 6.92 Å². The molecule has 1 aliphatic heterocycles. The number of amides is 1. The molecule has 0 N–H and O–H groups in total. The summed E-state index contributed by atoms with van der Waals surface area (Å²) in [5.41, 5.74) is 0.856.